The molecule has 1 saturated heterocycles. The topological polar surface area (TPSA) is 46.3 Å². The summed E-state index contributed by atoms with van der Waals surface area (Å²) in [4.78, 5) is 14.9. The highest BCUT2D eigenvalue weighted by Crippen LogP contribution is 2.33. The Labute approximate surface area is 147 Å². The molecule has 4 nitrogen and oxygen atoms in total. The summed E-state index contributed by atoms with van der Waals surface area (Å²) in [6, 6.07) is 7.95. The van der Waals surface area contributed by atoms with Crippen LogP contribution >= 0.6 is 11.6 Å². The van der Waals surface area contributed by atoms with Gasteiger partial charge in [0.15, 0.2) is 0 Å². The van der Waals surface area contributed by atoms with Gasteiger partial charge in [0, 0.05) is 23.6 Å². The molecule has 5 heteroatoms. The molecule has 0 radical (unpaired) electrons. The van der Waals surface area contributed by atoms with Gasteiger partial charge in [-0.3, -0.25) is 4.79 Å². The minimum absolute atomic E-state index is 0.117. The summed E-state index contributed by atoms with van der Waals surface area (Å²) in [7, 11) is 0. The molecule has 0 spiro atoms. The monoisotopic (exact) mass is 346 g/mol. The Hall–Kier alpha value is -1.81. The summed E-state index contributed by atoms with van der Waals surface area (Å²) in [6.45, 7) is 4.86. The minimum atomic E-state index is 0.117. The van der Waals surface area contributed by atoms with Gasteiger partial charge in [-0.1, -0.05) is 42.7 Å². The molecule has 1 atom stereocenters. The summed E-state index contributed by atoms with van der Waals surface area (Å²) in [6.07, 6.45) is 3.91. The number of amides is 1. The second-order valence-electron chi connectivity index (χ2n) is 6.22. The highest BCUT2D eigenvalue weighted by molar-refractivity contribution is 6.30. The first-order valence-corrected chi connectivity index (χ1v) is 9.03. The van der Waals surface area contributed by atoms with Crippen molar-refractivity contribution in [2.45, 2.75) is 52.0 Å². The lowest BCUT2D eigenvalue weighted by Gasteiger charge is -2.25. The molecule has 1 aromatic carbocycles. The van der Waals surface area contributed by atoms with Crippen LogP contribution in [0.3, 0.4) is 0 Å². The van der Waals surface area contributed by atoms with Crippen molar-refractivity contribution >= 4 is 17.5 Å². The Kier molecular flexibility index (Phi) is 5.24. The molecule has 2 aromatic rings. The van der Waals surface area contributed by atoms with E-state index in [4.69, 9.17) is 16.1 Å². The Morgan fingerprint density at radius 1 is 1.38 bits per heavy atom. The number of halogens is 1. The van der Waals surface area contributed by atoms with Gasteiger partial charge >= 0.3 is 0 Å². The second-order valence-corrected chi connectivity index (χ2v) is 6.65. The van der Waals surface area contributed by atoms with Crippen molar-refractivity contribution in [1.29, 1.82) is 0 Å². The zero-order valence-electron chi connectivity index (χ0n) is 14.2. The van der Waals surface area contributed by atoms with Gasteiger partial charge in [0.1, 0.15) is 5.76 Å². The van der Waals surface area contributed by atoms with E-state index < -0.39 is 0 Å². The van der Waals surface area contributed by atoms with Crippen molar-refractivity contribution in [2.75, 3.05) is 6.54 Å². The van der Waals surface area contributed by atoms with Crippen molar-refractivity contribution < 1.29 is 9.32 Å². The number of benzene rings is 1. The lowest BCUT2D eigenvalue weighted by atomic mass is 10.0. The fraction of sp³-hybridized carbons (Fsp3) is 0.474. The fourth-order valence-corrected chi connectivity index (χ4v) is 3.71. The Morgan fingerprint density at radius 2 is 2.21 bits per heavy atom. The molecule has 1 aliphatic rings. The molecule has 128 valence electrons. The molecule has 24 heavy (non-hydrogen) atoms. The third-order valence-electron chi connectivity index (χ3n) is 4.74. The standard InChI is InChI=1S/C19H23ClN2O2/c1-3-16-15(18(4-2)24-21-16)12-19(23)22-10-6-9-17(22)13-7-5-8-14(20)11-13/h5,7-8,11,17H,3-4,6,9-10,12H2,1-2H3/t17-/m0/s1. The number of aryl methyl sites for hydroxylation is 2. The lowest BCUT2D eigenvalue weighted by Crippen LogP contribution is -2.32. The quantitative estimate of drug-likeness (QED) is 0.808. The first-order valence-electron chi connectivity index (χ1n) is 8.65. The number of carbonyl (C=O) groups excluding carboxylic acids is 1. The molecule has 1 amide bonds. The van der Waals surface area contributed by atoms with E-state index in [0.29, 0.717) is 11.4 Å². The molecule has 0 N–H and O–H groups in total. The molecular formula is C19H23ClN2O2. The summed E-state index contributed by atoms with van der Waals surface area (Å²) < 4.78 is 5.39. The van der Waals surface area contributed by atoms with Crippen LogP contribution in [-0.2, 0) is 24.1 Å². The number of aromatic nitrogens is 1. The maximum absolute atomic E-state index is 12.9. The van der Waals surface area contributed by atoms with Crippen LogP contribution < -0.4 is 0 Å². The molecule has 2 heterocycles. The Morgan fingerprint density at radius 3 is 2.92 bits per heavy atom. The van der Waals surface area contributed by atoms with Crippen molar-refractivity contribution in [3.8, 4) is 0 Å². The van der Waals surface area contributed by atoms with E-state index in [-0.39, 0.29) is 11.9 Å². The van der Waals surface area contributed by atoms with Crippen LogP contribution in [0.25, 0.3) is 0 Å². The van der Waals surface area contributed by atoms with E-state index in [9.17, 15) is 4.79 Å². The second kappa shape index (κ2) is 7.39. The van der Waals surface area contributed by atoms with Crippen LogP contribution in [0.2, 0.25) is 5.02 Å². The highest BCUT2D eigenvalue weighted by atomic mass is 35.5. The van der Waals surface area contributed by atoms with E-state index in [1.807, 2.05) is 36.9 Å². The molecule has 0 saturated carbocycles. The maximum atomic E-state index is 12.9. The van der Waals surface area contributed by atoms with Crippen LogP contribution in [0, 0.1) is 0 Å². The first-order chi connectivity index (χ1) is 11.6. The molecule has 0 unspecified atom stereocenters. The minimum Gasteiger partial charge on any atom is -0.361 e. The van der Waals surface area contributed by atoms with Gasteiger partial charge in [-0.2, -0.15) is 0 Å². The number of hydrogen-bond acceptors (Lipinski definition) is 3. The maximum Gasteiger partial charge on any atom is 0.227 e. The van der Waals surface area contributed by atoms with Gasteiger partial charge < -0.3 is 9.42 Å². The van der Waals surface area contributed by atoms with Crippen molar-refractivity contribution in [2.24, 2.45) is 0 Å². The SMILES string of the molecule is CCc1noc(CC)c1CC(=O)N1CCC[C@H]1c1cccc(Cl)c1. The Balaban J connectivity index is 1.80. The number of carbonyl (C=O) groups is 1. The van der Waals surface area contributed by atoms with Crippen molar-refractivity contribution in [1.82, 2.24) is 10.1 Å². The number of likely N-dealkylation sites (tertiary alicyclic amines) is 1. The van der Waals surface area contributed by atoms with Crippen LogP contribution in [0.4, 0.5) is 0 Å². The zero-order chi connectivity index (χ0) is 17.1. The van der Waals surface area contributed by atoms with E-state index in [0.717, 1.165) is 54.8 Å². The Bertz CT molecular complexity index is 704. The summed E-state index contributed by atoms with van der Waals surface area (Å²) in [5.41, 5.74) is 2.99. The first kappa shape index (κ1) is 17.0. The molecule has 1 aliphatic heterocycles. The molecule has 0 bridgehead atoms. The summed E-state index contributed by atoms with van der Waals surface area (Å²) in [5, 5.41) is 4.83. The van der Waals surface area contributed by atoms with Gasteiger partial charge in [-0.15, -0.1) is 0 Å². The third kappa shape index (κ3) is 3.34. The molecule has 1 fully saturated rings. The average molecular weight is 347 g/mol. The van der Waals surface area contributed by atoms with Crippen LogP contribution in [0.5, 0.6) is 0 Å². The van der Waals surface area contributed by atoms with Crippen molar-refractivity contribution in [3.05, 3.63) is 51.9 Å². The lowest BCUT2D eigenvalue weighted by molar-refractivity contribution is -0.131. The number of rotatable bonds is 5. The van der Waals surface area contributed by atoms with Gasteiger partial charge in [0.2, 0.25) is 5.91 Å². The number of nitrogens with zero attached hydrogens (tertiary/aromatic N) is 2. The van der Waals surface area contributed by atoms with Crippen LogP contribution in [0.1, 0.15) is 55.3 Å². The zero-order valence-corrected chi connectivity index (χ0v) is 15.0. The van der Waals surface area contributed by atoms with E-state index in [1.54, 1.807) is 0 Å². The smallest absolute Gasteiger partial charge is 0.227 e. The fourth-order valence-electron chi connectivity index (χ4n) is 3.52. The van der Waals surface area contributed by atoms with E-state index in [2.05, 4.69) is 11.2 Å². The van der Waals surface area contributed by atoms with E-state index in [1.165, 1.54) is 0 Å². The van der Waals surface area contributed by atoms with Crippen LogP contribution in [0.15, 0.2) is 28.8 Å². The molecule has 0 aliphatic carbocycles. The predicted octanol–water partition coefficient (Wildman–Crippen LogP) is 4.36. The van der Waals surface area contributed by atoms with Gasteiger partial charge in [-0.25, -0.2) is 0 Å². The van der Waals surface area contributed by atoms with Gasteiger partial charge in [0.25, 0.3) is 0 Å². The van der Waals surface area contributed by atoms with Gasteiger partial charge in [-0.05, 0) is 37.0 Å². The third-order valence-corrected chi connectivity index (χ3v) is 4.98. The van der Waals surface area contributed by atoms with E-state index >= 15 is 0 Å². The highest BCUT2D eigenvalue weighted by Gasteiger charge is 2.31. The normalized spacial score (nSPS) is 17.5. The van der Waals surface area contributed by atoms with Crippen molar-refractivity contribution in [3.63, 3.8) is 0 Å². The van der Waals surface area contributed by atoms with Gasteiger partial charge in [0.05, 0.1) is 18.2 Å². The summed E-state index contributed by atoms with van der Waals surface area (Å²) in [5.74, 6) is 0.976. The van der Waals surface area contributed by atoms with Crippen LogP contribution in [-0.4, -0.2) is 22.5 Å². The largest absolute Gasteiger partial charge is 0.361 e. The summed E-state index contributed by atoms with van der Waals surface area (Å²) >= 11 is 6.12. The molecule has 3 rings (SSSR count). The number of hydrogen-bond donors (Lipinski definition) is 0. The average Bonchev–Trinajstić information content (AvgIpc) is 3.21. The molecular weight excluding hydrogens is 324 g/mol. The predicted molar refractivity (Wildman–Crippen MR) is 94.1 cm³/mol. The molecule has 1 aromatic heterocycles.